The standard InChI is InChI=1S/C18H23N5O2/c1-17(2,3)24-15-12(11-19-16(22-15)25-18(4,5)6)13-8-10-23-14(21-13)7-9-20-23/h7-11H,1-6H3. The lowest BCUT2D eigenvalue weighted by molar-refractivity contribution is 0.103. The van der Waals surface area contributed by atoms with Gasteiger partial charge in [0.05, 0.1) is 17.5 Å². The molecule has 0 unspecified atom stereocenters. The maximum absolute atomic E-state index is 6.04. The van der Waals surface area contributed by atoms with Crippen LogP contribution < -0.4 is 9.47 Å². The summed E-state index contributed by atoms with van der Waals surface area (Å²) in [7, 11) is 0. The van der Waals surface area contributed by atoms with Gasteiger partial charge in [0.25, 0.3) is 0 Å². The molecule has 0 amide bonds. The van der Waals surface area contributed by atoms with Crippen LogP contribution in [-0.4, -0.2) is 35.8 Å². The lowest BCUT2D eigenvalue weighted by atomic mass is 10.2. The van der Waals surface area contributed by atoms with Gasteiger partial charge >= 0.3 is 6.01 Å². The van der Waals surface area contributed by atoms with Crippen LogP contribution in [0.1, 0.15) is 41.5 Å². The van der Waals surface area contributed by atoms with Gasteiger partial charge in [0, 0.05) is 18.5 Å². The summed E-state index contributed by atoms with van der Waals surface area (Å²) in [5.41, 5.74) is 1.36. The summed E-state index contributed by atoms with van der Waals surface area (Å²) in [5, 5.41) is 4.16. The van der Waals surface area contributed by atoms with Gasteiger partial charge < -0.3 is 9.47 Å². The second-order valence-corrected chi connectivity index (χ2v) is 7.75. The van der Waals surface area contributed by atoms with Crippen molar-refractivity contribution in [2.45, 2.75) is 52.7 Å². The highest BCUT2D eigenvalue weighted by Crippen LogP contribution is 2.31. The van der Waals surface area contributed by atoms with E-state index >= 15 is 0 Å². The van der Waals surface area contributed by atoms with Crippen LogP contribution in [0.2, 0.25) is 0 Å². The van der Waals surface area contributed by atoms with Crippen molar-refractivity contribution in [2.24, 2.45) is 0 Å². The predicted octanol–water partition coefficient (Wildman–Crippen LogP) is 3.54. The number of hydrogen-bond acceptors (Lipinski definition) is 6. The van der Waals surface area contributed by atoms with Crippen LogP contribution in [0.3, 0.4) is 0 Å². The Hall–Kier alpha value is -2.70. The molecule has 0 saturated heterocycles. The van der Waals surface area contributed by atoms with Crippen molar-refractivity contribution >= 4 is 5.65 Å². The Morgan fingerprint density at radius 3 is 2.32 bits per heavy atom. The first kappa shape index (κ1) is 17.1. The van der Waals surface area contributed by atoms with Crippen LogP contribution in [0.5, 0.6) is 11.9 Å². The number of rotatable bonds is 3. The Bertz CT molecular complexity index is 890. The molecule has 3 heterocycles. The molecule has 0 aromatic carbocycles. The monoisotopic (exact) mass is 341 g/mol. The van der Waals surface area contributed by atoms with Crippen molar-refractivity contribution in [3.05, 3.63) is 30.7 Å². The lowest BCUT2D eigenvalue weighted by Crippen LogP contribution is -2.26. The molecule has 0 fully saturated rings. The highest BCUT2D eigenvalue weighted by atomic mass is 16.5. The fourth-order valence-electron chi connectivity index (χ4n) is 2.18. The molecule has 7 heteroatoms. The fourth-order valence-corrected chi connectivity index (χ4v) is 2.18. The molecule has 3 aromatic heterocycles. The van der Waals surface area contributed by atoms with E-state index in [2.05, 4.69) is 20.1 Å². The first-order valence-electron chi connectivity index (χ1n) is 8.17. The van der Waals surface area contributed by atoms with Gasteiger partial charge in [-0.15, -0.1) is 0 Å². The first-order chi connectivity index (χ1) is 11.6. The number of ether oxygens (including phenoxy) is 2. The van der Waals surface area contributed by atoms with Gasteiger partial charge in [-0.25, -0.2) is 14.5 Å². The summed E-state index contributed by atoms with van der Waals surface area (Å²) in [6.45, 7) is 11.8. The lowest BCUT2D eigenvalue weighted by Gasteiger charge is -2.24. The van der Waals surface area contributed by atoms with Crippen molar-refractivity contribution in [3.8, 4) is 23.1 Å². The Morgan fingerprint density at radius 2 is 1.64 bits per heavy atom. The Morgan fingerprint density at radius 1 is 0.920 bits per heavy atom. The first-order valence-corrected chi connectivity index (χ1v) is 8.17. The van der Waals surface area contributed by atoms with E-state index in [0.717, 1.165) is 11.3 Å². The van der Waals surface area contributed by atoms with Crippen molar-refractivity contribution in [3.63, 3.8) is 0 Å². The van der Waals surface area contributed by atoms with E-state index in [1.165, 1.54) is 0 Å². The highest BCUT2D eigenvalue weighted by molar-refractivity contribution is 5.65. The van der Waals surface area contributed by atoms with Gasteiger partial charge in [0.15, 0.2) is 5.65 Å². The fraction of sp³-hybridized carbons (Fsp3) is 0.444. The van der Waals surface area contributed by atoms with Crippen molar-refractivity contribution in [2.75, 3.05) is 0 Å². The van der Waals surface area contributed by atoms with Gasteiger partial charge in [-0.1, -0.05) is 0 Å². The minimum atomic E-state index is -0.414. The summed E-state index contributed by atoms with van der Waals surface area (Å²) in [4.78, 5) is 13.4. The summed E-state index contributed by atoms with van der Waals surface area (Å²) < 4.78 is 13.5. The molecular weight excluding hydrogens is 318 g/mol. The van der Waals surface area contributed by atoms with Crippen LogP contribution >= 0.6 is 0 Å². The molecule has 0 bridgehead atoms. The maximum Gasteiger partial charge on any atom is 0.320 e. The average molecular weight is 341 g/mol. The van der Waals surface area contributed by atoms with Crippen LogP contribution in [0.4, 0.5) is 0 Å². The third-order valence-electron chi connectivity index (χ3n) is 3.07. The average Bonchev–Trinajstić information content (AvgIpc) is 2.91. The zero-order chi connectivity index (χ0) is 18.2. The van der Waals surface area contributed by atoms with E-state index in [1.807, 2.05) is 59.9 Å². The molecule has 25 heavy (non-hydrogen) atoms. The largest absolute Gasteiger partial charge is 0.471 e. The Balaban J connectivity index is 2.07. The molecule has 0 spiro atoms. The minimum Gasteiger partial charge on any atom is -0.471 e. The minimum absolute atomic E-state index is 0.279. The molecule has 7 nitrogen and oxygen atoms in total. The molecule has 0 saturated carbocycles. The predicted molar refractivity (Wildman–Crippen MR) is 94.8 cm³/mol. The van der Waals surface area contributed by atoms with E-state index in [9.17, 15) is 0 Å². The van der Waals surface area contributed by atoms with Crippen molar-refractivity contribution in [1.29, 1.82) is 0 Å². The molecule has 0 aliphatic carbocycles. The van der Waals surface area contributed by atoms with Crippen molar-refractivity contribution < 1.29 is 9.47 Å². The zero-order valence-electron chi connectivity index (χ0n) is 15.4. The van der Waals surface area contributed by atoms with Gasteiger partial charge in [0.1, 0.15) is 11.2 Å². The van der Waals surface area contributed by atoms with Gasteiger partial charge in [-0.3, -0.25) is 0 Å². The molecule has 0 aliphatic rings. The normalized spacial score (nSPS) is 12.4. The SMILES string of the molecule is CC(C)(C)Oc1ncc(-c2ccn3nccc3n2)c(OC(C)(C)C)n1. The molecule has 132 valence electrons. The number of aromatic nitrogens is 5. The van der Waals surface area contributed by atoms with Crippen LogP contribution in [0, 0.1) is 0 Å². The quantitative estimate of drug-likeness (QED) is 0.725. The summed E-state index contributed by atoms with van der Waals surface area (Å²) in [6, 6.07) is 3.98. The molecule has 0 radical (unpaired) electrons. The summed E-state index contributed by atoms with van der Waals surface area (Å²) >= 11 is 0. The van der Waals surface area contributed by atoms with Gasteiger partial charge in [-0.2, -0.15) is 10.1 Å². The number of fused-ring (bicyclic) bond motifs is 1. The molecule has 0 atom stereocenters. The second-order valence-electron chi connectivity index (χ2n) is 7.75. The smallest absolute Gasteiger partial charge is 0.320 e. The van der Waals surface area contributed by atoms with E-state index < -0.39 is 11.2 Å². The van der Waals surface area contributed by atoms with E-state index in [-0.39, 0.29) is 6.01 Å². The third-order valence-corrected chi connectivity index (χ3v) is 3.07. The van der Waals surface area contributed by atoms with Crippen LogP contribution in [0.15, 0.2) is 30.7 Å². The highest BCUT2D eigenvalue weighted by Gasteiger charge is 2.21. The van der Waals surface area contributed by atoms with E-state index in [1.54, 1.807) is 16.9 Å². The molecular formula is C18H23N5O2. The van der Waals surface area contributed by atoms with E-state index in [0.29, 0.717) is 11.4 Å². The maximum atomic E-state index is 6.04. The Labute approximate surface area is 147 Å². The number of nitrogens with zero attached hydrogens (tertiary/aromatic N) is 5. The topological polar surface area (TPSA) is 74.4 Å². The van der Waals surface area contributed by atoms with Gasteiger partial charge in [-0.05, 0) is 47.6 Å². The summed E-state index contributed by atoms with van der Waals surface area (Å²) in [6.07, 6.45) is 5.23. The van der Waals surface area contributed by atoms with E-state index in [4.69, 9.17) is 9.47 Å². The molecule has 3 aromatic rings. The second kappa shape index (κ2) is 5.98. The zero-order valence-corrected chi connectivity index (χ0v) is 15.4. The van der Waals surface area contributed by atoms with Crippen LogP contribution in [-0.2, 0) is 0 Å². The third kappa shape index (κ3) is 4.23. The number of hydrogen-bond donors (Lipinski definition) is 0. The van der Waals surface area contributed by atoms with Crippen molar-refractivity contribution in [1.82, 2.24) is 24.6 Å². The molecule has 3 rings (SSSR count). The van der Waals surface area contributed by atoms with Crippen LogP contribution in [0.25, 0.3) is 16.9 Å². The molecule has 0 N–H and O–H groups in total. The molecule has 0 aliphatic heterocycles. The van der Waals surface area contributed by atoms with Gasteiger partial charge in [0.2, 0.25) is 5.88 Å². The Kier molecular flexibility index (Phi) is 4.10. The summed E-state index contributed by atoms with van der Waals surface area (Å²) in [5.74, 6) is 0.443.